The van der Waals surface area contributed by atoms with Gasteiger partial charge in [0.15, 0.2) is 0 Å². The van der Waals surface area contributed by atoms with E-state index in [0.29, 0.717) is 30.3 Å². The minimum absolute atomic E-state index is 0.276. The summed E-state index contributed by atoms with van der Waals surface area (Å²) in [5.74, 6) is 1.45. The largest absolute Gasteiger partial charge is 0.492 e. The lowest BCUT2D eigenvalue weighted by Gasteiger charge is -2.17. The van der Waals surface area contributed by atoms with E-state index in [9.17, 15) is 9.18 Å². The van der Waals surface area contributed by atoms with E-state index in [2.05, 4.69) is 0 Å². The summed E-state index contributed by atoms with van der Waals surface area (Å²) in [6, 6.07) is 12.7. The van der Waals surface area contributed by atoms with Crippen LogP contribution in [0, 0.1) is 5.82 Å². The maximum atomic E-state index is 12.8. The Morgan fingerprint density at radius 2 is 1.57 bits per heavy atom. The lowest BCUT2D eigenvalue weighted by molar-refractivity contribution is 0.138. The number of benzene rings is 2. The van der Waals surface area contributed by atoms with Gasteiger partial charge in [-0.05, 0) is 55.5 Å². The highest BCUT2D eigenvalue weighted by atomic mass is 19.1. The Morgan fingerprint density at radius 1 is 1.04 bits per heavy atom. The Labute approximate surface area is 133 Å². The Kier molecular flexibility index (Phi) is 5.80. The highest BCUT2D eigenvalue weighted by Crippen LogP contribution is 2.23. The van der Waals surface area contributed by atoms with Gasteiger partial charge >= 0.3 is 6.09 Å². The predicted molar refractivity (Wildman–Crippen MR) is 83.7 cm³/mol. The number of ether oxygens (including phenoxy) is 2. The third-order valence-corrected chi connectivity index (χ3v) is 3.16. The highest BCUT2D eigenvalue weighted by Gasteiger charge is 2.08. The summed E-state index contributed by atoms with van der Waals surface area (Å²) < 4.78 is 23.9. The van der Waals surface area contributed by atoms with Gasteiger partial charge in [0, 0.05) is 6.54 Å². The number of hydrogen-bond acceptors (Lipinski definition) is 3. The SMILES string of the molecule is CCN(CCOc1ccc(Oc2ccc(F)cc2)cc1)C(=O)O. The third kappa shape index (κ3) is 5.18. The van der Waals surface area contributed by atoms with Gasteiger partial charge in [0.2, 0.25) is 0 Å². The van der Waals surface area contributed by atoms with E-state index in [1.165, 1.54) is 17.0 Å². The van der Waals surface area contributed by atoms with E-state index in [1.54, 1.807) is 43.3 Å². The summed E-state index contributed by atoms with van der Waals surface area (Å²) in [5, 5.41) is 8.89. The second kappa shape index (κ2) is 8.03. The van der Waals surface area contributed by atoms with Gasteiger partial charge in [-0.3, -0.25) is 0 Å². The molecule has 0 atom stereocenters. The van der Waals surface area contributed by atoms with E-state index in [0.717, 1.165) is 0 Å². The predicted octanol–water partition coefficient (Wildman–Crippen LogP) is 4.00. The maximum Gasteiger partial charge on any atom is 0.407 e. The topological polar surface area (TPSA) is 59.0 Å². The first-order valence-corrected chi connectivity index (χ1v) is 7.22. The van der Waals surface area contributed by atoms with E-state index in [-0.39, 0.29) is 12.4 Å². The third-order valence-electron chi connectivity index (χ3n) is 3.16. The molecule has 0 aliphatic heterocycles. The second-order valence-electron chi connectivity index (χ2n) is 4.74. The van der Waals surface area contributed by atoms with Crippen LogP contribution >= 0.6 is 0 Å². The number of halogens is 1. The standard InChI is InChI=1S/C17H18FNO4/c1-2-19(17(20)21)11-12-22-14-7-9-16(10-8-14)23-15-5-3-13(18)4-6-15/h3-10H,2,11-12H2,1H3,(H,20,21). The quantitative estimate of drug-likeness (QED) is 0.838. The molecule has 122 valence electrons. The number of likely N-dealkylation sites (N-methyl/N-ethyl adjacent to an activating group) is 1. The van der Waals surface area contributed by atoms with Crippen LogP contribution in [0.2, 0.25) is 0 Å². The number of nitrogens with zero attached hydrogens (tertiary/aromatic N) is 1. The van der Waals surface area contributed by atoms with Crippen LogP contribution in [0.5, 0.6) is 17.2 Å². The van der Waals surface area contributed by atoms with Gasteiger partial charge in [-0.1, -0.05) is 0 Å². The normalized spacial score (nSPS) is 10.2. The molecule has 2 aromatic carbocycles. The van der Waals surface area contributed by atoms with Crippen molar-refractivity contribution in [1.29, 1.82) is 0 Å². The second-order valence-corrected chi connectivity index (χ2v) is 4.74. The van der Waals surface area contributed by atoms with Crippen molar-refractivity contribution in [2.45, 2.75) is 6.92 Å². The number of amides is 1. The monoisotopic (exact) mass is 319 g/mol. The minimum Gasteiger partial charge on any atom is -0.492 e. The molecule has 2 rings (SSSR count). The van der Waals surface area contributed by atoms with Crippen LogP contribution in [-0.2, 0) is 0 Å². The lowest BCUT2D eigenvalue weighted by atomic mass is 10.3. The molecule has 0 radical (unpaired) electrons. The van der Waals surface area contributed by atoms with Gasteiger partial charge in [0.25, 0.3) is 0 Å². The summed E-state index contributed by atoms with van der Waals surface area (Å²) in [7, 11) is 0. The van der Waals surface area contributed by atoms with Gasteiger partial charge in [-0.15, -0.1) is 0 Å². The first kappa shape index (κ1) is 16.6. The zero-order valence-corrected chi connectivity index (χ0v) is 12.7. The van der Waals surface area contributed by atoms with E-state index in [4.69, 9.17) is 14.6 Å². The van der Waals surface area contributed by atoms with Crippen molar-refractivity contribution in [2.75, 3.05) is 19.7 Å². The van der Waals surface area contributed by atoms with Gasteiger partial charge in [0.1, 0.15) is 29.7 Å². The minimum atomic E-state index is -0.959. The molecular formula is C17H18FNO4. The van der Waals surface area contributed by atoms with E-state index >= 15 is 0 Å². The molecule has 0 heterocycles. The van der Waals surface area contributed by atoms with Crippen molar-refractivity contribution in [3.05, 3.63) is 54.3 Å². The average Bonchev–Trinajstić information content (AvgIpc) is 2.55. The molecule has 23 heavy (non-hydrogen) atoms. The average molecular weight is 319 g/mol. The smallest absolute Gasteiger partial charge is 0.407 e. The van der Waals surface area contributed by atoms with Crippen molar-refractivity contribution in [2.24, 2.45) is 0 Å². The molecular weight excluding hydrogens is 301 g/mol. The van der Waals surface area contributed by atoms with E-state index in [1.807, 2.05) is 0 Å². The van der Waals surface area contributed by atoms with Crippen LogP contribution in [0.15, 0.2) is 48.5 Å². The Balaban J connectivity index is 1.84. The summed E-state index contributed by atoms with van der Waals surface area (Å²) in [6.07, 6.45) is -0.959. The Hall–Kier alpha value is -2.76. The van der Waals surface area contributed by atoms with Crippen LogP contribution in [0.1, 0.15) is 6.92 Å². The molecule has 1 N–H and O–H groups in total. The first-order chi connectivity index (χ1) is 11.1. The highest BCUT2D eigenvalue weighted by molar-refractivity contribution is 5.64. The van der Waals surface area contributed by atoms with Gasteiger partial charge in [-0.25, -0.2) is 9.18 Å². The number of hydrogen-bond donors (Lipinski definition) is 1. The zero-order valence-electron chi connectivity index (χ0n) is 12.7. The molecule has 2 aromatic rings. The van der Waals surface area contributed by atoms with Gasteiger partial charge in [0.05, 0.1) is 6.54 Å². The molecule has 6 heteroatoms. The fraction of sp³-hybridized carbons (Fsp3) is 0.235. The van der Waals surface area contributed by atoms with Crippen molar-refractivity contribution < 1.29 is 23.8 Å². The molecule has 0 aliphatic rings. The number of carboxylic acid groups (broad SMARTS) is 1. The fourth-order valence-corrected chi connectivity index (χ4v) is 1.91. The molecule has 0 fully saturated rings. The summed E-state index contributed by atoms with van der Waals surface area (Å²) in [4.78, 5) is 12.1. The first-order valence-electron chi connectivity index (χ1n) is 7.22. The Bertz CT molecular complexity index is 628. The fourth-order valence-electron chi connectivity index (χ4n) is 1.91. The van der Waals surface area contributed by atoms with Crippen molar-refractivity contribution >= 4 is 6.09 Å². The van der Waals surface area contributed by atoms with Crippen molar-refractivity contribution in [1.82, 2.24) is 4.90 Å². The molecule has 0 aromatic heterocycles. The molecule has 0 aliphatic carbocycles. The molecule has 0 unspecified atom stereocenters. The molecule has 0 saturated carbocycles. The summed E-state index contributed by atoms with van der Waals surface area (Å²) in [6.45, 7) is 2.77. The Morgan fingerprint density at radius 3 is 2.09 bits per heavy atom. The summed E-state index contributed by atoms with van der Waals surface area (Å²) in [5.41, 5.74) is 0. The summed E-state index contributed by atoms with van der Waals surface area (Å²) >= 11 is 0. The van der Waals surface area contributed by atoms with Crippen molar-refractivity contribution in [3.63, 3.8) is 0 Å². The maximum absolute atomic E-state index is 12.8. The van der Waals surface area contributed by atoms with Crippen LogP contribution < -0.4 is 9.47 Å². The molecule has 0 spiro atoms. The van der Waals surface area contributed by atoms with Crippen molar-refractivity contribution in [3.8, 4) is 17.2 Å². The van der Waals surface area contributed by atoms with Crippen LogP contribution in [0.4, 0.5) is 9.18 Å². The van der Waals surface area contributed by atoms with Gasteiger partial charge < -0.3 is 19.5 Å². The van der Waals surface area contributed by atoms with Crippen LogP contribution in [0.3, 0.4) is 0 Å². The van der Waals surface area contributed by atoms with Crippen LogP contribution in [0.25, 0.3) is 0 Å². The molecule has 1 amide bonds. The zero-order chi connectivity index (χ0) is 16.7. The van der Waals surface area contributed by atoms with Crippen LogP contribution in [-0.4, -0.2) is 35.8 Å². The molecule has 0 bridgehead atoms. The number of carbonyl (C=O) groups is 1. The lowest BCUT2D eigenvalue weighted by Crippen LogP contribution is -2.33. The number of rotatable bonds is 7. The van der Waals surface area contributed by atoms with Gasteiger partial charge in [-0.2, -0.15) is 0 Å². The van der Waals surface area contributed by atoms with E-state index < -0.39 is 6.09 Å². The molecule has 0 saturated heterocycles. The molecule has 5 nitrogen and oxygen atoms in total.